The standard InChI is InChI=1S/C18H28N2O/c1-4-11-19-17-10-9-14(3)12-16(17)18(21)20(5-2)13-15-7-6-8-15/h9-10,12,15,19H,4-8,11,13H2,1-3H3. The molecule has 1 aliphatic carbocycles. The number of nitrogens with one attached hydrogen (secondary N) is 1. The molecular formula is C18H28N2O. The molecule has 116 valence electrons. The van der Waals surface area contributed by atoms with E-state index in [2.05, 4.69) is 25.2 Å². The van der Waals surface area contributed by atoms with Gasteiger partial charge in [-0.25, -0.2) is 0 Å². The minimum Gasteiger partial charge on any atom is -0.384 e. The van der Waals surface area contributed by atoms with Gasteiger partial charge >= 0.3 is 0 Å². The van der Waals surface area contributed by atoms with E-state index < -0.39 is 0 Å². The Balaban J connectivity index is 2.16. The van der Waals surface area contributed by atoms with E-state index in [1.54, 1.807) is 0 Å². The van der Waals surface area contributed by atoms with Crippen LogP contribution in [-0.4, -0.2) is 30.4 Å². The Morgan fingerprint density at radius 1 is 1.33 bits per heavy atom. The van der Waals surface area contributed by atoms with Crippen molar-refractivity contribution in [1.29, 1.82) is 0 Å². The van der Waals surface area contributed by atoms with E-state index in [1.165, 1.54) is 19.3 Å². The summed E-state index contributed by atoms with van der Waals surface area (Å²) in [6.45, 7) is 8.86. The molecule has 0 heterocycles. The maximum absolute atomic E-state index is 12.9. The highest BCUT2D eigenvalue weighted by Gasteiger charge is 2.24. The average Bonchev–Trinajstić information content (AvgIpc) is 2.44. The van der Waals surface area contributed by atoms with Crippen molar-refractivity contribution in [3.63, 3.8) is 0 Å². The number of benzene rings is 1. The summed E-state index contributed by atoms with van der Waals surface area (Å²) in [6, 6.07) is 6.12. The molecule has 2 rings (SSSR count). The van der Waals surface area contributed by atoms with Crippen LogP contribution < -0.4 is 5.32 Å². The summed E-state index contributed by atoms with van der Waals surface area (Å²) < 4.78 is 0. The normalized spacial score (nSPS) is 14.6. The van der Waals surface area contributed by atoms with Gasteiger partial charge in [0, 0.05) is 25.3 Å². The van der Waals surface area contributed by atoms with Crippen LogP contribution in [0.2, 0.25) is 0 Å². The number of hydrogen-bond acceptors (Lipinski definition) is 2. The minimum atomic E-state index is 0.173. The number of carbonyl (C=O) groups excluding carboxylic acids is 1. The third kappa shape index (κ3) is 3.99. The number of hydrogen-bond donors (Lipinski definition) is 1. The molecule has 0 unspecified atom stereocenters. The second-order valence-electron chi connectivity index (χ2n) is 6.12. The third-order valence-electron chi connectivity index (χ3n) is 4.34. The van der Waals surface area contributed by atoms with Gasteiger partial charge in [0.25, 0.3) is 5.91 Å². The lowest BCUT2D eigenvalue weighted by Crippen LogP contribution is -2.37. The van der Waals surface area contributed by atoms with Crippen molar-refractivity contribution in [2.24, 2.45) is 5.92 Å². The maximum atomic E-state index is 12.9. The van der Waals surface area contributed by atoms with E-state index in [0.717, 1.165) is 42.9 Å². The van der Waals surface area contributed by atoms with E-state index >= 15 is 0 Å². The summed E-state index contributed by atoms with van der Waals surface area (Å²) in [5.74, 6) is 0.887. The molecule has 0 saturated heterocycles. The average molecular weight is 288 g/mol. The number of rotatable bonds is 7. The van der Waals surface area contributed by atoms with Gasteiger partial charge in [0.05, 0.1) is 5.56 Å². The molecule has 0 aliphatic heterocycles. The fourth-order valence-electron chi connectivity index (χ4n) is 2.76. The number of aryl methyl sites for hydroxylation is 1. The van der Waals surface area contributed by atoms with Crippen LogP contribution in [0.4, 0.5) is 5.69 Å². The molecule has 21 heavy (non-hydrogen) atoms. The zero-order chi connectivity index (χ0) is 15.2. The van der Waals surface area contributed by atoms with Gasteiger partial charge in [0.15, 0.2) is 0 Å². The first-order valence-corrected chi connectivity index (χ1v) is 8.29. The van der Waals surface area contributed by atoms with E-state index in [9.17, 15) is 4.79 Å². The Kier molecular flexibility index (Phi) is 5.66. The highest BCUT2D eigenvalue weighted by atomic mass is 16.2. The summed E-state index contributed by atoms with van der Waals surface area (Å²) >= 11 is 0. The smallest absolute Gasteiger partial charge is 0.255 e. The first-order valence-electron chi connectivity index (χ1n) is 8.29. The van der Waals surface area contributed by atoms with Crippen LogP contribution in [0.15, 0.2) is 18.2 Å². The molecule has 0 bridgehead atoms. The van der Waals surface area contributed by atoms with Gasteiger partial charge in [-0.2, -0.15) is 0 Å². The van der Waals surface area contributed by atoms with Crippen LogP contribution in [0, 0.1) is 12.8 Å². The molecule has 0 radical (unpaired) electrons. The molecule has 0 atom stereocenters. The van der Waals surface area contributed by atoms with Crippen molar-refractivity contribution in [2.45, 2.75) is 46.5 Å². The lowest BCUT2D eigenvalue weighted by atomic mass is 9.85. The Bertz CT molecular complexity index is 480. The Morgan fingerprint density at radius 2 is 2.10 bits per heavy atom. The molecule has 1 aliphatic rings. The molecule has 0 spiro atoms. The lowest BCUT2D eigenvalue weighted by Gasteiger charge is -2.32. The summed E-state index contributed by atoms with van der Waals surface area (Å²) in [5, 5.41) is 3.38. The lowest BCUT2D eigenvalue weighted by molar-refractivity contribution is 0.0707. The first kappa shape index (κ1) is 15.9. The van der Waals surface area contributed by atoms with Crippen LogP contribution in [-0.2, 0) is 0 Å². The molecular weight excluding hydrogens is 260 g/mol. The van der Waals surface area contributed by atoms with Crippen LogP contribution >= 0.6 is 0 Å². The summed E-state index contributed by atoms with van der Waals surface area (Å²) in [6.07, 6.45) is 4.93. The summed E-state index contributed by atoms with van der Waals surface area (Å²) in [4.78, 5) is 14.9. The Morgan fingerprint density at radius 3 is 2.67 bits per heavy atom. The molecule has 3 nitrogen and oxygen atoms in total. The van der Waals surface area contributed by atoms with Crippen LogP contribution in [0.25, 0.3) is 0 Å². The fourth-order valence-corrected chi connectivity index (χ4v) is 2.76. The molecule has 1 saturated carbocycles. The Labute approximate surface area is 128 Å². The third-order valence-corrected chi connectivity index (χ3v) is 4.34. The van der Waals surface area contributed by atoms with Crippen molar-refractivity contribution < 1.29 is 4.79 Å². The molecule has 1 N–H and O–H groups in total. The van der Waals surface area contributed by atoms with Crippen molar-refractivity contribution in [1.82, 2.24) is 4.90 Å². The monoisotopic (exact) mass is 288 g/mol. The molecule has 0 aromatic heterocycles. The quantitative estimate of drug-likeness (QED) is 0.820. The van der Waals surface area contributed by atoms with E-state index in [-0.39, 0.29) is 5.91 Å². The second-order valence-corrected chi connectivity index (χ2v) is 6.12. The molecule has 1 aromatic rings. The van der Waals surface area contributed by atoms with Crippen LogP contribution in [0.3, 0.4) is 0 Å². The van der Waals surface area contributed by atoms with E-state index in [0.29, 0.717) is 5.92 Å². The number of amides is 1. The Hall–Kier alpha value is -1.51. The highest BCUT2D eigenvalue weighted by Crippen LogP contribution is 2.28. The van der Waals surface area contributed by atoms with Gasteiger partial charge in [0.1, 0.15) is 0 Å². The summed E-state index contributed by atoms with van der Waals surface area (Å²) in [7, 11) is 0. The van der Waals surface area contributed by atoms with Crippen LogP contribution in [0.5, 0.6) is 0 Å². The van der Waals surface area contributed by atoms with Gasteiger partial charge in [-0.1, -0.05) is 25.0 Å². The van der Waals surface area contributed by atoms with Crippen molar-refractivity contribution >= 4 is 11.6 Å². The number of carbonyl (C=O) groups is 1. The predicted octanol–water partition coefficient (Wildman–Crippen LogP) is 4.08. The SMILES string of the molecule is CCCNc1ccc(C)cc1C(=O)N(CC)CC1CCC1. The van der Waals surface area contributed by atoms with Gasteiger partial charge in [-0.15, -0.1) is 0 Å². The zero-order valence-electron chi connectivity index (χ0n) is 13.6. The number of anilines is 1. The largest absolute Gasteiger partial charge is 0.384 e. The van der Waals surface area contributed by atoms with Gasteiger partial charge in [-0.05, 0) is 51.2 Å². The van der Waals surface area contributed by atoms with Crippen LogP contribution in [0.1, 0.15) is 55.5 Å². The maximum Gasteiger partial charge on any atom is 0.255 e. The van der Waals surface area contributed by atoms with Gasteiger partial charge < -0.3 is 10.2 Å². The molecule has 1 aromatic carbocycles. The first-order chi connectivity index (χ1) is 10.2. The molecule has 1 amide bonds. The fraction of sp³-hybridized carbons (Fsp3) is 0.611. The summed E-state index contributed by atoms with van der Waals surface area (Å²) in [5.41, 5.74) is 2.93. The van der Waals surface area contributed by atoms with E-state index in [1.807, 2.05) is 24.0 Å². The zero-order valence-corrected chi connectivity index (χ0v) is 13.6. The number of nitrogens with zero attached hydrogens (tertiary/aromatic N) is 1. The van der Waals surface area contributed by atoms with Crippen molar-refractivity contribution in [2.75, 3.05) is 25.0 Å². The highest BCUT2D eigenvalue weighted by molar-refractivity contribution is 5.99. The minimum absolute atomic E-state index is 0.173. The van der Waals surface area contributed by atoms with Crippen molar-refractivity contribution in [3.05, 3.63) is 29.3 Å². The molecule has 3 heteroatoms. The predicted molar refractivity (Wildman–Crippen MR) is 88.9 cm³/mol. The van der Waals surface area contributed by atoms with Crippen molar-refractivity contribution in [3.8, 4) is 0 Å². The second kappa shape index (κ2) is 7.48. The van der Waals surface area contributed by atoms with Gasteiger partial charge in [-0.3, -0.25) is 4.79 Å². The molecule has 1 fully saturated rings. The topological polar surface area (TPSA) is 32.3 Å². The van der Waals surface area contributed by atoms with Gasteiger partial charge in [0.2, 0.25) is 0 Å². The van der Waals surface area contributed by atoms with E-state index in [4.69, 9.17) is 0 Å².